The molecule has 1 N–H and O–H groups in total. The van der Waals surface area contributed by atoms with Gasteiger partial charge in [-0.05, 0) is 5.56 Å². The van der Waals surface area contributed by atoms with Crippen molar-refractivity contribution < 1.29 is 0 Å². The molecule has 0 bridgehead atoms. The number of aromatic nitrogens is 4. The largest absolute Gasteiger partial charge is 0.357 e. The molecule has 0 saturated carbocycles. The summed E-state index contributed by atoms with van der Waals surface area (Å²) in [4.78, 5) is 6.49. The van der Waals surface area contributed by atoms with Gasteiger partial charge in [0.15, 0.2) is 5.82 Å². The molecule has 3 rings (SSSR count). The Labute approximate surface area is 117 Å². The van der Waals surface area contributed by atoms with Crippen LogP contribution >= 0.6 is 0 Å². The van der Waals surface area contributed by atoms with Gasteiger partial charge in [-0.15, -0.1) is 10.2 Å². The number of anilines is 2. The Morgan fingerprint density at radius 3 is 2.75 bits per heavy atom. The lowest BCUT2D eigenvalue weighted by Gasteiger charge is -2.18. The van der Waals surface area contributed by atoms with Crippen LogP contribution < -0.4 is 10.2 Å². The lowest BCUT2D eigenvalue weighted by molar-refractivity contribution is 0.891. The van der Waals surface area contributed by atoms with Gasteiger partial charge < -0.3 is 10.2 Å². The molecule has 102 valence electrons. The zero-order chi connectivity index (χ0) is 13.9. The van der Waals surface area contributed by atoms with E-state index in [0.717, 1.165) is 18.0 Å². The van der Waals surface area contributed by atoms with Crippen molar-refractivity contribution in [2.75, 3.05) is 24.3 Å². The molecule has 0 saturated heterocycles. The molecule has 6 heteroatoms. The first kappa shape index (κ1) is 12.4. The van der Waals surface area contributed by atoms with E-state index in [0.29, 0.717) is 5.95 Å². The van der Waals surface area contributed by atoms with Crippen LogP contribution in [0.2, 0.25) is 0 Å². The second-order valence-corrected chi connectivity index (χ2v) is 4.56. The average molecular weight is 268 g/mol. The SMILES string of the molecule is CNc1nnc2c(N(C)Cc3ccccc3)nccn12. The highest BCUT2D eigenvalue weighted by atomic mass is 15.3. The van der Waals surface area contributed by atoms with Crippen LogP contribution in [0.1, 0.15) is 5.56 Å². The monoisotopic (exact) mass is 268 g/mol. The highest BCUT2D eigenvalue weighted by molar-refractivity contribution is 5.65. The maximum absolute atomic E-state index is 4.43. The number of hydrogen-bond donors (Lipinski definition) is 1. The normalized spacial score (nSPS) is 10.7. The molecule has 0 amide bonds. The first-order valence-corrected chi connectivity index (χ1v) is 6.42. The Bertz CT molecular complexity index is 706. The molecule has 0 unspecified atom stereocenters. The van der Waals surface area contributed by atoms with Crippen LogP contribution in [0.4, 0.5) is 11.8 Å². The number of fused-ring (bicyclic) bond motifs is 1. The topological polar surface area (TPSA) is 58.4 Å². The number of rotatable bonds is 4. The molecular formula is C14H16N6. The van der Waals surface area contributed by atoms with E-state index in [1.807, 2.05) is 42.9 Å². The van der Waals surface area contributed by atoms with E-state index in [1.165, 1.54) is 5.56 Å². The fourth-order valence-electron chi connectivity index (χ4n) is 2.19. The summed E-state index contributed by atoms with van der Waals surface area (Å²) in [6, 6.07) is 10.3. The van der Waals surface area contributed by atoms with Gasteiger partial charge >= 0.3 is 0 Å². The summed E-state index contributed by atoms with van der Waals surface area (Å²) in [5.41, 5.74) is 1.97. The maximum Gasteiger partial charge on any atom is 0.228 e. The third kappa shape index (κ3) is 2.16. The summed E-state index contributed by atoms with van der Waals surface area (Å²) in [6.45, 7) is 0.773. The minimum absolute atomic E-state index is 0.705. The van der Waals surface area contributed by atoms with Crippen LogP contribution in [0.25, 0.3) is 5.65 Å². The number of nitrogens with one attached hydrogen (secondary N) is 1. The van der Waals surface area contributed by atoms with E-state index in [2.05, 4.69) is 37.5 Å². The molecule has 0 aliphatic heterocycles. The van der Waals surface area contributed by atoms with E-state index in [9.17, 15) is 0 Å². The Morgan fingerprint density at radius 2 is 2.00 bits per heavy atom. The highest BCUT2D eigenvalue weighted by Crippen LogP contribution is 2.19. The van der Waals surface area contributed by atoms with Crippen molar-refractivity contribution in [3.8, 4) is 0 Å². The molecule has 3 aromatic rings. The second-order valence-electron chi connectivity index (χ2n) is 4.56. The Balaban J connectivity index is 1.95. The zero-order valence-electron chi connectivity index (χ0n) is 11.5. The third-order valence-corrected chi connectivity index (χ3v) is 3.16. The summed E-state index contributed by atoms with van der Waals surface area (Å²) in [5.74, 6) is 1.52. The quantitative estimate of drug-likeness (QED) is 0.782. The van der Waals surface area contributed by atoms with Crippen molar-refractivity contribution in [2.45, 2.75) is 6.54 Å². The Hall–Kier alpha value is -2.63. The Morgan fingerprint density at radius 1 is 1.20 bits per heavy atom. The predicted molar refractivity (Wildman–Crippen MR) is 78.9 cm³/mol. The average Bonchev–Trinajstić information content (AvgIpc) is 2.91. The molecule has 0 radical (unpaired) electrons. The molecule has 20 heavy (non-hydrogen) atoms. The summed E-state index contributed by atoms with van der Waals surface area (Å²) < 4.78 is 1.89. The number of benzene rings is 1. The van der Waals surface area contributed by atoms with Gasteiger partial charge in [-0.3, -0.25) is 4.40 Å². The third-order valence-electron chi connectivity index (χ3n) is 3.16. The fraction of sp³-hybridized carbons (Fsp3) is 0.214. The van der Waals surface area contributed by atoms with Crippen LogP contribution in [0.3, 0.4) is 0 Å². The molecule has 1 aromatic carbocycles. The van der Waals surface area contributed by atoms with Crippen molar-refractivity contribution in [2.24, 2.45) is 0 Å². The van der Waals surface area contributed by atoms with Gasteiger partial charge in [-0.1, -0.05) is 30.3 Å². The maximum atomic E-state index is 4.43. The van der Waals surface area contributed by atoms with Gasteiger partial charge in [0.25, 0.3) is 0 Å². The zero-order valence-corrected chi connectivity index (χ0v) is 11.5. The summed E-state index contributed by atoms with van der Waals surface area (Å²) in [6.07, 6.45) is 3.61. The van der Waals surface area contributed by atoms with E-state index >= 15 is 0 Å². The van der Waals surface area contributed by atoms with Crippen LogP contribution in [-0.2, 0) is 6.54 Å². The van der Waals surface area contributed by atoms with Gasteiger partial charge in [0.2, 0.25) is 11.6 Å². The molecule has 2 heterocycles. The van der Waals surface area contributed by atoms with E-state index in [1.54, 1.807) is 6.20 Å². The number of nitrogens with zero attached hydrogens (tertiary/aromatic N) is 5. The summed E-state index contributed by atoms with van der Waals surface area (Å²) in [5, 5.41) is 11.3. The standard InChI is InChI=1S/C14H16N6/c1-15-14-18-17-13-12(16-8-9-20(13)14)19(2)10-11-6-4-3-5-7-11/h3-9H,10H2,1-2H3,(H,15,18). The van der Waals surface area contributed by atoms with Crippen molar-refractivity contribution in [1.29, 1.82) is 0 Å². The molecule has 2 aromatic heterocycles. The lowest BCUT2D eigenvalue weighted by atomic mass is 10.2. The van der Waals surface area contributed by atoms with Crippen molar-refractivity contribution in [1.82, 2.24) is 19.6 Å². The van der Waals surface area contributed by atoms with Crippen LogP contribution in [0.15, 0.2) is 42.7 Å². The van der Waals surface area contributed by atoms with E-state index < -0.39 is 0 Å². The van der Waals surface area contributed by atoms with Gasteiger partial charge in [0.05, 0.1) is 0 Å². The summed E-state index contributed by atoms with van der Waals surface area (Å²) in [7, 11) is 3.83. The van der Waals surface area contributed by atoms with E-state index in [-0.39, 0.29) is 0 Å². The minimum Gasteiger partial charge on any atom is -0.357 e. The van der Waals surface area contributed by atoms with Crippen LogP contribution in [0, 0.1) is 0 Å². The smallest absolute Gasteiger partial charge is 0.228 e. The highest BCUT2D eigenvalue weighted by Gasteiger charge is 2.13. The first-order valence-electron chi connectivity index (χ1n) is 6.42. The molecule has 0 atom stereocenters. The molecule has 0 spiro atoms. The van der Waals surface area contributed by atoms with Gasteiger partial charge in [0, 0.05) is 33.0 Å². The van der Waals surface area contributed by atoms with E-state index in [4.69, 9.17) is 0 Å². The van der Waals surface area contributed by atoms with Crippen molar-refractivity contribution in [3.05, 3.63) is 48.3 Å². The van der Waals surface area contributed by atoms with Crippen LogP contribution in [-0.4, -0.2) is 33.7 Å². The van der Waals surface area contributed by atoms with Crippen LogP contribution in [0.5, 0.6) is 0 Å². The second kappa shape index (κ2) is 5.16. The van der Waals surface area contributed by atoms with Crippen molar-refractivity contribution in [3.63, 3.8) is 0 Å². The molecule has 6 nitrogen and oxygen atoms in total. The fourth-order valence-corrected chi connectivity index (χ4v) is 2.19. The molecular weight excluding hydrogens is 252 g/mol. The van der Waals surface area contributed by atoms with Gasteiger partial charge in [-0.2, -0.15) is 0 Å². The number of hydrogen-bond acceptors (Lipinski definition) is 5. The van der Waals surface area contributed by atoms with Crippen molar-refractivity contribution >= 4 is 17.4 Å². The Kier molecular flexibility index (Phi) is 3.20. The molecule has 0 aliphatic carbocycles. The van der Waals surface area contributed by atoms with Gasteiger partial charge in [-0.25, -0.2) is 4.98 Å². The predicted octanol–water partition coefficient (Wildman–Crippen LogP) is 1.80. The minimum atomic E-state index is 0.705. The summed E-state index contributed by atoms with van der Waals surface area (Å²) >= 11 is 0. The molecule has 0 fully saturated rings. The molecule has 0 aliphatic rings. The lowest BCUT2D eigenvalue weighted by Crippen LogP contribution is -2.18. The first-order chi connectivity index (χ1) is 9.79. The van der Waals surface area contributed by atoms with Gasteiger partial charge in [0.1, 0.15) is 0 Å².